The van der Waals surface area contributed by atoms with Gasteiger partial charge >= 0.3 is 0 Å². The summed E-state index contributed by atoms with van der Waals surface area (Å²) < 4.78 is 0. The monoisotopic (exact) mass is 490 g/mol. The minimum Gasteiger partial charge on any atom is -0.399 e. The van der Waals surface area contributed by atoms with Gasteiger partial charge in [-0.25, -0.2) is 0 Å². The molecule has 0 heterocycles. The van der Waals surface area contributed by atoms with Crippen molar-refractivity contribution in [2.24, 2.45) is 0 Å². The van der Waals surface area contributed by atoms with Crippen LogP contribution in [0.25, 0.3) is 0 Å². The molecule has 0 aliphatic heterocycles. The highest BCUT2D eigenvalue weighted by atomic mass is 14.5. The van der Waals surface area contributed by atoms with Crippen LogP contribution in [0, 0.1) is 0 Å². The lowest BCUT2D eigenvalue weighted by molar-refractivity contribution is 0.650. The van der Waals surface area contributed by atoms with E-state index in [1.807, 2.05) is 24.3 Å². The largest absolute Gasteiger partial charge is 0.399 e. The Morgan fingerprint density at radius 3 is 1.05 bits per heavy atom. The van der Waals surface area contributed by atoms with Gasteiger partial charge in [-0.3, -0.25) is 0 Å². The molecule has 2 atom stereocenters. The number of benzene rings is 4. The third-order valence-corrected chi connectivity index (χ3v) is 7.54. The van der Waals surface area contributed by atoms with Gasteiger partial charge in [-0.1, -0.05) is 112 Å². The quantitative estimate of drug-likeness (QED) is 0.195. The van der Waals surface area contributed by atoms with E-state index in [4.69, 9.17) is 11.5 Å². The molecular weight excluding hydrogens is 448 g/mol. The predicted molar refractivity (Wildman–Crippen MR) is 160 cm³/mol. The van der Waals surface area contributed by atoms with Gasteiger partial charge < -0.3 is 11.5 Å². The average molecular weight is 491 g/mol. The Labute approximate surface area is 223 Å². The number of anilines is 2. The second kappa shape index (κ2) is 13.1. The maximum atomic E-state index is 5.94. The van der Waals surface area contributed by atoms with Gasteiger partial charge in [-0.15, -0.1) is 0 Å². The Bertz CT molecular complexity index is 1110. The molecule has 2 unspecified atom stereocenters. The summed E-state index contributed by atoms with van der Waals surface area (Å²) in [5.41, 5.74) is 21.7. The lowest BCUT2D eigenvalue weighted by atomic mass is 9.85. The zero-order chi connectivity index (χ0) is 26.0. The van der Waals surface area contributed by atoms with Crippen molar-refractivity contribution in [3.8, 4) is 0 Å². The van der Waals surface area contributed by atoms with E-state index in [1.54, 1.807) is 0 Å². The Morgan fingerprint density at radius 2 is 0.757 bits per heavy atom. The van der Waals surface area contributed by atoms with Gasteiger partial charge in [0, 0.05) is 23.2 Å². The number of unbranched alkanes of at least 4 members (excludes halogenated alkanes) is 2. The van der Waals surface area contributed by atoms with Gasteiger partial charge in [-0.2, -0.15) is 0 Å². The summed E-state index contributed by atoms with van der Waals surface area (Å²) >= 11 is 0. The van der Waals surface area contributed by atoms with Crippen molar-refractivity contribution in [1.82, 2.24) is 0 Å². The zero-order valence-electron chi connectivity index (χ0n) is 22.5. The van der Waals surface area contributed by atoms with Crippen LogP contribution in [-0.4, -0.2) is 0 Å². The maximum Gasteiger partial charge on any atom is 0.0314 e. The molecule has 4 aromatic rings. The summed E-state index contributed by atoms with van der Waals surface area (Å²) in [6.07, 6.45) is 8.12. The van der Waals surface area contributed by atoms with Crippen LogP contribution in [0.2, 0.25) is 0 Å². The fourth-order valence-corrected chi connectivity index (χ4v) is 5.30. The summed E-state index contributed by atoms with van der Waals surface area (Å²) in [5, 5.41) is 0. The normalized spacial score (nSPS) is 12.8. The van der Waals surface area contributed by atoms with Crippen LogP contribution in [0.4, 0.5) is 11.4 Å². The zero-order valence-corrected chi connectivity index (χ0v) is 22.5. The summed E-state index contributed by atoms with van der Waals surface area (Å²) in [5.74, 6) is 0.838. The molecule has 0 bridgehead atoms. The Kier molecular flexibility index (Phi) is 9.43. The first-order valence-electron chi connectivity index (χ1n) is 14.0. The van der Waals surface area contributed by atoms with Gasteiger partial charge in [0.15, 0.2) is 0 Å². The van der Waals surface area contributed by atoms with E-state index in [0.717, 1.165) is 30.6 Å². The molecular formula is C35H42N2. The third-order valence-electron chi connectivity index (χ3n) is 7.54. The third kappa shape index (κ3) is 7.26. The highest BCUT2D eigenvalue weighted by Gasteiger charge is 2.15. The highest BCUT2D eigenvalue weighted by Crippen LogP contribution is 2.32. The van der Waals surface area contributed by atoms with Crippen LogP contribution < -0.4 is 11.5 Å². The average Bonchev–Trinajstić information content (AvgIpc) is 2.92. The van der Waals surface area contributed by atoms with E-state index in [1.165, 1.54) is 59.1 Å². The van der Waals surface area contributed by atoms with Gasteiger partial charge in [0.25, 0.3) is 0 Å². The van der Waals surface area contributed by atoms with E-state index >= 15 is 0 Å². The van der Waals surface area contributed by atoms with Gasteiger partial charge in [0.1, 0.15) is 0 Å². The van der Waals surface area contributed by atoms with Crippen molar-refractivity contribution in [2.75, 3.05) is 11.5 Å². The van der Waals surface area contributed by atoms with E-state index in [0.29, 0.717) is 11.8 Å². The number of hydrogen-bond acceptors (Lipinski definition) is 2. The van der Waals surface area contributed by atoms with Crippen LogP contribution in [0.5, 0.6) is 0 Å². The molecule has 0 amide bonds. The van der Waals surface area contributed by atoms with Gasteiger partial charge in [0.2, 0.25) is 0 Å². The second-order valence-corrected chi connectivity index (χ2v) is 10.4. The second-order valence-electron chi connectivity index (χ2n) is 10.4. The Balaban J connectivity index is 1.47. The fraction of sp³-hybridized carbons (Fsp3) is 0.314. The van der Waals surface area contributed by atoms with Gasteiger partial charge in [0.05, 0.1) is 0 Å². The molecule has 0 spiro atoms. The highest BCUT2D eigenvalue weighted by molar-refractivity contribution is 5.45. The molecule has 192 valence electrons. The molecule has 0 saturated heterocycles. The predicted octanol–water partition coefficient (Wildman–Crippen LogP) is 9.09. The van der Waals surface area contributed by atoms with Crippen molar-refractivity contribution in [3.05, 3.63) is 130 Å². The summed E-state index contributed by atoms with van der Waals surface area (Å²) in [6.45, 7) is 4.52. The molecule has 4 N–H and O–H groups in total. The standard InChI is InChI=1S/C35H42N2/c1-3-5-7-34(30-17-21-32(36)22-18-30)28-13-9-26(10-14-28)25-27-11-15-29(16-12-27)35(8-6-4-2)31-19-23-33(37)24-20-31/h9-24,34-35H,3-8,25,36-37H2,1-2H3. The smallest absolute Gasteiger partial charge is 0.0314 e. The van der Waals surface area contributed by atoms with E-state index in [2.05, 4.69) is 86.6 Å². The molecule has 2 nitrogen and oxygen atoms in total. The molecule has 2 heteroatoms. The molecule has 4 rings (SSSR count). The topological polar surface area (TPSA) is 52.0 Å². The lowest BCUT2D eigenvalue weighted by Gasteiger charge is -2.19. The van der Waals surface area contributed by atoms with Crippen molar-refractivity contribution >= 4 is 11.4 Å². The Hall–Kier alpha value is -3.52. The summed E-state index contributed by atoms with van der Waals surface area (Å²) in [7, 11) is 0. The summed E-state index contributed by atoms with van der Waals surface area (Å²) in [4.78, 5) is 0. The molecule has 0 fully saturated rings. The van der Waals surface area contributed by atoms with Crippen molar-refractivity contribution in [3.63, 3.8) is 0 Å². The van der Waals surface area contributed by atoms with E-state index in [9.17, 15) is 0 Å². The van der Waals surface area contributed by atoms with Crippen LogP contribution in [0.3, 0.4) is 0 Å². The minimum atomic E-state index is 0.419. The Morgan fingerprint density at radius 1 is 0.459 bits per heavy atom. The number of nitrogens with two attached hydrogens (primary N) is 2. The summed E-state index contributed by atoms with van der Waals surface area (Å²) in [6, 6.07) is 35.3. The first kappa shape index (κ1) is 26.5. The lowest BCUT2D eigenvalue weighted by Crippen LogP contribution is -2.03. The molecule has 0 aliphatic rings. The van der Waals surface area contributed by atoms with E-state index < -0.39 is 0 Å². The minimum absolute atomic E-state index is 0.419. The van der Waals surface area contributed by atoms with Crippen molar-refractivity contribution < 1.29 is 0 Å². The van der Waals surface area contributed by atoms with Crippen LogP contribution in [0.15, 0.2) is 97.1 Å². The molecule has 0 aromatic heterocycles. The number of hydrogen-bond donors (Lipinski definition) is 2. The SMILES string of the molecule is CCCCC(c1ccc(N)cc1)c1ccc(Cc2ccc(C(CCCC)c3ccc(N)cc3)cc2)cc1. The van der Waals surface area contributed by atoms with Crippen LogP contribution >= 0.6 is 0 Å². The van der Waals surface area contributed by atoms with Crippen molar-refractivity contribution in [1.29, 1.82) is 0 Å². The molecule has 0 aliphatic carbocycles. The molecule has 0 radical (unpaired) electrons. The molecule has 37 heavy (non-hydrogen) atoms. The number of rotatable bonds is 12. The van der Waals surface area contributed by atoms with Crippen LogP contribution in [-0.2, 0) is 6.42 Å². The first-order valence-corrected chi connectivity index (χ1v) is 14.0. The van der Waals surface area contributed by atoms with E-state index in [-0.39, 0.29) is 0 Å². The maximum absolute atomic E-state index is 5.94. The number of nitrogen functional groups attached to an aromatic ring is 2. The first-order chi connectivity index (χ1) is 18.1. The molecule has 4 aromatic carbocycles. The fourth-order valence-electron chi connectivity index (χ4n) is 5.30. The van der Waals surface area contributed by atoms with Crippen molar-refractivity contribution in [2.45, 2.75) is 70.6 Å². The van der Waals surface area contributed by atoms with Crippen LogP contribution in [0.1, 0.15) is 97.6 Å². The van der Waals surface area contributed by atoms with Gasteiger partial charge in [-0.05, 0) is 76.9 Å². The molecule has 0 saturated carbocycles.